The van der Waals surface area contributed by atoms with Crippen molar-refractivity contribution in [2.24, 2.45) is 0 Å². The van der Waals surface area contributed by atoms with Crippen molar-refractivity contribution in [1.29, 1.82) is 0 Å². The molecule has 0 fully saturated rings. The fourth-order valence-electron chi connectivity index (χ4n) is 1.47. The standard InChI is InChI=1S/C12H9FN4O4S/c13-8-2-1-7(17(20)21)5-9(8)15-11(19)6-22-12-14-4-3-10(18)16-12/h1-5H,6H2,(H,15,19)(H,14,16,18). The molecule has 1 amide bonds. The number of amides is 1. The number of anilines is 1. The lowest BCUT2D eigenvalue weighted by Crippen LogP contribution is -2.16. The summed E-state index contributed by atoms with van der Waals surface area (Å²) in [5.41, 5.74) is -0.977. The first-order chi connectivity index (χ1) is 10.5. The quantitative estimate of drug-likeness (QED) is 0.373. The Hall–Kier alpha value is -2.75. The van der Waals surface area contributed by atoms with E-state index in [1.807, 2.05) is 0 Å². The molecule has 8 nitrogen and oxygen atoms in total. The van der Waals surface area contributed by atoms with Crippen molar-refractivity contribution in [3.05, 3.63) is 56.7 Å². The molecular weight excluding hydrogens is 315 g/mol. The van der Waals surface area contributed by atoms with Crippen LogP contribution in [0.25, 0.3) is 0 Å². The Kier molecular flexibility index (Phi) is 4.84. The molecule has 0 aliphatic carbocycles. The number of hydrogen-bond acceptors (Lipinski definition) is 6. The maximum Gasteiger partial charge on any atom is 0.271 e. The van der Waals surface area contributed by atoms with Crippen LogP contribution >= 0.6 is 11.8 Å². The molecule has 2 aromatic rings. The molecule has 114 valence electrons. The van der Waals surface area contributed by atoms with Crippen LogP contribution in [-0.2, 0) is 4.79 Å². The maximum atomic E-state index is 13.5. The van der Waals surface area contributed by atoms with Crippen LogP contribution in [0.5, 0.6) is 0 Å². The summed E-state index contributed by atoms with van der Waals surface area (Å²) in [6, 6.07) is 4.05. The summed E-state index contributed by atoms with van der Waals surface area (Å²) >= 11 is 0.943. The Morgan fingerprint density at radius 2 is 2.23 bits per heavy atom. The minimum atomic E-state index is -0.782. The van der Waals surface area contributed by atoms with E-state index in [0.29, 0.717) is 0 Å². The van der Waals surface area contributed by atoms with E-state index in [2.05, 4.69) is 15.3 Å². The summed E-state index contributed by atoms with van der Waals surface area (Å²) in [7, 11) is 0. The number of nitrogens with zero attached hydrogens (tertiary/aromatic N) is 2. The van der Waals surface area contributed by atoms with E-state index in [0.717, 1.165) is 30.0 Å². The van der Waals surface area contributed by atoms with Crippen LogP contribution < -0.4 is 10.9 Å². The van der Waals surface area contributed by atoms with Crippen LogP contribution in [0.2, 0.25) is 0 Å². The van der Waals surface area contributed by atoms with Crippen LogP contribution in [0, 0.1) is 15.9 Å². The van der Waals surface area contributed by atoms with Crippen molar-refractivity contribution >= 4 is 29.0 Å². The van der Waals surface area contributed by atoms with Crippen LogP contribution in [0.1, 0.15) is 0 Å². The number of thioether (sulfide) groups is 1. The van der Waals surface area contributed by atoms with Gasteiger partial charge in [-0.25, -0.2) is 9.37 Å². The summed E-state index contributed by atoms with van der Waals surface area (Å²) in [5, 5.41) is 13.1. The number of H-pyrrole nitrogens is 1. The number of nitrogens with one attached hydrogen (secondary N) is 2. The normalized spacial score (nSPS) is 10.2. The molecule has 0 radical (unpaired) electrons. The highest BCUT2D eigenvalue weighted by molar-refractivity contribution is 7.99. The van der Waals surface area contributed by atoms with Crippen LogP contribution in [0.4, 0.5) is 15.8 Å². The zero-order valence-corrected chi connectivity index (χ0v) is 11.7. The molecule has 0 atom stereocenters. The molecule has 2 N–H and O–H groups in total. The zero-order chi connectivity index (χ0) is 16.1. The molecule has 0 bridgehead atoms. The number of aromatic amines is 1. The van der Waals surface area contributed by atoms with Gasteiger partial charge in [0.05, 0.1) is 16.4 Å². The number of nitro benzene ring substituents is 1. The largest absolute Gasteiger partial charge is 0.323 e. The van der Waals surface area contributed by atoms with E-state index in [-0.39, 0.29) is 27.8 Å². The molecule has 10 heteroatoms. The van der Waals surface area contributed by atoms with Gasteiger partial charge in [0.15, 0.2) is 5.16 Å². The molecule has 22 heavy (non-hydrogen) atoms. The number of nitro groups is 1. The maximum absolute atomic E-state index is 13.5. The summed E-state index contributed by atoms with van der Waals surface area (Å²) in [6.07, 6.45) is 1.29. The molecule has 0 saturated heterocycles. The highest BCUT2D eigenvalue weighted by Gasteiger charge is 2.13. The van der Waals surface area contributed by atoms with E-state index in [1.54, 1.807) is 0 Å². The third-order valence-electron chi connectivity index (χ3n) is 2.42. The van der Waals surface area contributed by atoms with Crippen molar-refractivity contribution in [3.8, 4) is 0 Å². The monoisotopic (exact) mass is 324 g/mol. The Morgan fingerprint density at radius 3 is 2.91 bits per heavy atom. The van der Waals surface area contributed by atoms with E-state index < -0.39 is 16.6 Å². The molecule has 0 unspecified atom stereocenters. The first kappa shape index (κ1) is 15.6. The SMILES string of the molecule is O=C(CSc1nccc(=O)[nH]1)Nc1cc([N+](=O)[O-])ccc1F. The molecule has 1 aromatic carbocycles. The second-order valence-corrected chi connectivity index (χ2v) is 4.96. The molecule has 0 saturated carbocycles. The predicted octanol–water partition coefficient (Wildman–Crippen LogP) is 1.55. The zero-order valence-electron chi connectivity index (χ0n) is 10.9. The van der Waals surface area contributed by atoms with Crippen molar-refractivity contribution < 1.29 is 14.1 Å². The van der Waals surface area contributed by atoms with Gasteiger partial charge in [0.1, 0.15) is 5.82 Å². The number of carbonyl (C=O) groups is 1. The summed E-state index contributed by atoms with van der Waals surface area (Å²) in [4.78, 5) is 38.9. The van der Waals surface area contributed by atoms with Gasteiger partial charge in [0, 0.05) is 24.4 Å². The van der Waals surface area contributed by atoms with E-state index >= 15 is 0 Å². The first-order valence-corrected chi connectivity index (χ1v) is 6.86. The lowest BCUT2D eigenvalue weighted by molar-refractivity contribution is -0.384. The topological polar surface area (TPSA) is 118 Å². The minimum absolute atomic E-state index is 0.144. The van der Waals surface area contributed by atoms with Gasteiger partial charge in [-0.15, -0.1) is 0 Å². The third-order valence-corrected chi connectivity index (χ3v) is 3.31. The second kappa shape index (κ2) is 6.80. The fraction of sp³-hybridized carbons (Fsp3) is 0.0833. The first-order valence-electron chi connectivity index (χ1n) is 5.87. The van der Waals surface area contributed by atoms with Crippen molar-refractivity contribution in [1.82, 2.24) is 9.97 Å². The van der Waals surface area contributed by atoms with Gasteiger partial charge in [-0.05, 0) is 6.07 Å². The Balaban J connectivity index is 2.01. The molecule has 0 aliphatic rings. The Morgan fingerprint density at radius 1 is 1.45 bits per heavy atom. The minimum Gasteiger partial charge on any atom is -0.323 e. The third kappa shape index (κ3) is 4.12. The van der Waals surface area contributed by atoms with Gasteiger partial charge in [-0.1, -0.05) is 11.8 Å². The fourth-order valence-corrected chi connectivity index (χ4v) is 2.12. The van der Waals surface area contributed by atoms with E-state index in [9.17, 15) is 24.1 Å². The number of benzene rings is 1. The average Bonchev–Trinajstić information content (AvgIpc) is 2.47. The molecule has 2 rings (SSSR count). The average molecular weight is 324 g/mol. The lowest BCUT2D eigenvalue weighted by Gasteiger charge is -2.06. The van der Waals surface area contributed by atoms with Crippen molar-refractivity contribution in [2.45, 2.75) is 5.16 Å². The Bertz CT molecular complexity index is 780. The lowest BCUT2D eigenvalue weighted by atomic mass is 10.2. The van der Waals surface area contributed by atoms with Gasteiger partial charge >= 0.3 is 0 Å². The van der Waals surface area contributed by atoms with Crippen LogP contribution in [0.3, 0.4) is 0 Å². The number of rotatable bonds is 5. The highest BCUT2D eigenvalue weighted by Crippen LogP contribution is 2.21. The summed E-state index contributed by atoms with van der Waals surface area (Å²) < 4.78 is 13.5. The highest BCUT2D eigenvalue weighted by atomic mass is 32.2. The molecule has 1 heterocycles. The molecular formula is C12H9FN4O4S. The van der Waals surface area contributed by atoms with Gasteiger partial charge in [0.2, 0.25) is 5.91 Å². The molecule has 0 aliphatic heterocycles. The van der Waals surface area contributed by atoms with Gasteiger partial charge in [0.25, 0.3) is 11.2 Å². The second-order valence-electron chi connectivity index (χ2n) is 4.00. The number of non-ortho nitro benzene ring substituents is 1. The van der Waals surface area contributed by atoms with E-state index in [4.69, 9.17) is 0 Å². The van der Waals surface area contributed by atoms with Crippen molar-refractivity contribution in [3.63, 3.8) is 0 Å². The smallest absolute Gasteiger partial charge is 0.271 e. The molecule has 1 aromatic heterocycles. The number of aromatic nitrogens is 2. The van der Waals surface area contributed by atoms with Crippen LogP contribution in [-0.4, -0.2) is 26.6 Å². The van der Waals surface area contributed by atoms with Gasteiger partial charge in [-0.3, -0.25) is 19.7 Å². The summed E-state index contributed by atoms with van der Waals surface area (Å²) in [6.45, 7) is 0. The number of hydrogen-bond donors (Lipinski definition) is 2. The number of halogens is 1. The van der Waals surface area contributed by atoms with E-state index in [1.165, 1.54) is 12.3 Å². The number of carbonyl (C=O) groups excluding carboxylic acids is 1. The van der Waals surface area contributed by atoms with Crippen molar-refractivity contribution in [2.75, 3.05) is 11.1 Å². The van der Waals surface area contributed by atoms with Gasteiger partial charge < -0.3 is 10.3 Å². The molecule has 0 spiro atoms. The summed E-state index contributed by atoms with van der Waals surface area (Å²) in [5.74, 6) is -1.51. The Labute approximate surface area is 126 Å². The van der Waals surface area contributed by atoms with Gasteiger partial charge in [-0.2, -0.15) is 0 Å². The van der Waals surface area contributed by atoms with Crippen LogP contribution in [0.15, 0.2) is 40.4 Å². The predicted molar refractivity (Wildman–Crippen MR) is 77.3 cm³/mol.